The summed E-state index contributed by atoms with van der Waals surface area (Å²) in [5, 5.41) is 8.15. The maximum absolute atomic E-state index is 8.15. The molecule has 1 N–H and O–H groups in total. The van der Waals surface area contributed by atoms with Crippen molar-refractivity contribution >= 4 is 11.6 Å². The van der Waals surface area contributed by atoms with E-state index in [4.69, 9.17) is 5.41 Å². The number of fused-ring (bicyclic) bond motifs is 1. The lowest BCUT2D eigenvalue weighted by atomic mass is 9.97. The number of benzene rings is 1. The summed E-state index contributed by atoms with van der Waals surface area (Å²) in [6.45, 7) is 2.19. The molecule has 0 aromatic heterocycles. The van der Waals surface area contributed by atoms with Gasteiger partial charge in [-0.1, -0.05) is 18.2 Å². The summed E-state index contributed by atoms with van der Waals surface area (Å²) in [5.74, 6) is 0.569. The second kappa shape index (κ2) is 5.41. The number of nitrogens with one attached hydrogen (secondary N) is 1. The largest absolute Gasteiger partial charge is 1.00 e. The van der Waals surface area contributed by atoms with E-state index < -0.39 is 0 Å². The summed E-state index contributed by atoms with van der Waals surface area (Å²) in [5.41, 5.74) is 2.55. The van der Waals surface area contributed by atoms with E-state index in [2.05, 4.69) is 30.0 Å². The average molecular weight is 253 g/mol. The van der Waals surface area contributed by atoms with Crippen LogP contribution in [0.15, 0.2) is 24.3 Å². The van der Waals surface area contributed by atoms with Crippen molar-refractivity contribution in [1.82, 2.24) is 4.90 Å². The zero-order valence-corrected chi connectivity index (χ0v) is 11.3. The van der Waals surface area contributed by atoms with Crippen molar-refractivity contribution in [2.24, 2.45) is 0 Å². The van der Waals surface area contributed by atoms with Crippen LogP contribution in [-0.4, -0.2) is 31.0 Å². The van der Waals surface area contributed by atoms with Crippen molar-refractivity contribution in [2.75, 3.05) is 19.0 Å². The highest BCUT2D eigenvalue weighted by Gasteiger charge is 2.26. The Labute approximate surface area is 109 Å². The Morgan fingerprint density at radius 2 is 2.00 bits per heavy atom. The van der Waals surface area contributed by atoms with Gasteiger partial charge in [0.25, 0.3) is 0 Å². The number of hydrogen-bond acceptors (Lipinski definition) is 1. The molecule has 1 aliphatic heterocycles. The Hall–Kier alpha value is -1.22. The smallest absolute Gasteiger partial charge is 0.198 e. The van der Waals surface area contributed by atoms with Gasteiger partial charge in [-0.25, -0.2) is 0 Å². The normalized spacial score (nSPS) is 18.1. The minimum absolute atomic E-state index is 0. The van der Waals surface area contributed by atoms with E-state index in [0.717, 1.165) is 12.8 Å². The molecule has 1 aliphatic rings. The Kier molecular flexibility index (Phi) is 4.40. The third-order valence-corrected chi connectivity index (χ3v) is 3.18. The first-order valence-corrected chi connectivity index (χ1v) is 5.74. The van der Waals surface area contributed by atoms with Crippen molar-refractivity contribution in [3.8, 4) is 0 Å². The molecule has 1 heterocycles. The zero-order valence-electron chi connectivity index (χ0n) is 10.6. The number of rotatable bonds is 0. The van der Waals surface area contributed by atoms with Gasteiger partial charge in [0.1, 0.15) is 0 Å². The third kappa shape index (κ3) is 2.55. The van der Waals surface area contributed by atoms with Gasteiger partial charge in [0.2, 0.25) is 0 Å². The first kappa shape index (κ1) is 13.8. The molecule has 0 amide bonds. The molecule has 0 saturated carbocycles. The molecular weight excluding hydrogens is 234 g/mol. The minimum atomic E-state index is 0. The predicted molar refractivity (Wildman–Crippen MR) is 68.1 cm³/mol. The molecule has 1 atom stereocenters. The standard InChI is InChI=1S/C13H19N3.ClH/c1-10-8-9-11-6-4-5-7-12(11)16(10)13(14)15(2)3;/h4-7,10,14H,8-9H2,1-3H3;1H/p-1. The van der Waals surface area contributed by atoms with Crippen molar-refractivity contribution in [3.05, 3.63) is 29.8 Å². The Morgan fingerprint density at radius 3 is 2.65 bits per heavy atom. The molecule has 94 valence electrons. The fourth-order valence-corrected chi connectivity index (χ4v) is 2.23. The van der Waals surface area contributed by atoms with Gasteiger partial charge in [-0.05, 0) is 31.4 Å². The maximum atomic E-state index is 8.15. The van der Waals surface area contributed by atoms with E-state index in [0.29, 0.717) is 12.0 Å². The highest BCUT2D eigenvalue weighted by Crippen LogP contribution is 2.30. The van der Waals surface area contributed by atoms with E-state index in [-0.39, 0.29) is 12.4 Å². The first-order chi connectivity index (χ1) is 7.61. The maximum Gasteiger partial charge on any atom is 0.198 e. The second-order valence-corrected chi connectivity index (χ2v) is 4.60. The zero-order chi connectivity index (χ0) is 11.7. The summed E-state index contributed by atoms with van der Waals surface area (Å²) in [6.07, 6.45) is 2.24. The molecule has 0 radical (unpaired) electrons. The lowest BCUT2D eigenvalue weighted by Gasteiger charge is -2.38. The molecule has 0 aliphatic carbocycles. The average Bonchev–Trinajstić information content (AvgIpc) is 2.28. The molecule has 1 aromatic rings. The van der Waals surface area contributed by atoms with Crippen molar-refractivity contribution in [3.63, 3.8) is 0 Å². The second-order valence-electron chi connectivity index (χ2n) is 4.60. The quantitative estimate of drug-likeness (QED) is 0.490. The van der Waals surface area contributed by atoms with Crippen LogP contribution in [0.4, 0.5) is 5.69 Å². The number of hydrogen-bond donors (Lipinski definition) is 1. The van der Waals surface area contributed by atoms with Gasteiger partial charge >= 0.3 is 0 Å². The molecule has 3 nitrogen and oxygen atoms in total. The fraction of sp³-hybridized carbons (Fsp3) is 0.462. The summed E-state index contributed by atoms with van der Waals surface area (Å²) in [6, 6.07) is 8.81. The molecule has 0 bridgehead atoms. The predicted octanol–water partition coefficient (Wildman–Crippen LogP) is -0.672. The number of para-hydroxylation sites is 1. The number of nitrogens with zero attached hydrogens (tertiary/aromatic N) is 2. The van der Waals surface area contributed by atoms with E-state index in [9.17, 15) is 0 Å². The summed E-state index contributed by atoms with van der Waals surface area (Å²) >= 11 is 0. The van der Waals surface area contributed by atoms with Crippen LogP contribution in [0.3, 0.4) is 0 Å². The number of guanidine groups is 1. The van der Waals surface area contributed by atoms with Crippen molar-refractivity contribution in [2.45, 2.75) is 25.8 Å². The van der Waals surface area contributed by atoms with Crippen LogP contribution in [0.1, 0.15) is 18.9 Å². The number of halogens is 1. The van der Waals surface area contributed by atoms with Gasteiger partial charge in [0.15, 0.2) is 5.96 Å². The Bertz CT molecular complexity index is 403. The van der Waals surface area contributed by atoms with Crippen LogP contribution in [0, 0.1) is 5.41 Å². The van der Waals surface area contributed by atoms with Gasteiger partial charge in [-0.15, -0.1) is 0 Å². The SMILES string of the molecule is CC1CCc2ccccc2N1C(=N)N(C)C.[Cl-]. The van der Waals surface area contributed by atoms with Gasteiger partial charge in [0.05, 0.1) is 0 Å². The summed E-state index contributed by atoms with van der Waals surface area (Å²) in [7, 11) is 3.85. The van der Waals surface area contributed by atoms with E-state index in [1.54, 1.807) is 0 Å². The lowest BCUT2D eigenvalue weighted by molar-refractivity contribution is -0.00000368. The van der Waals surface area contributed by atoms with Gasteiger partial charge in [-0.3, -0.25) is 5.41 Å². The monoisotopic (exact) mass is 252 g/mol. The molecule has 0 saturated heterocycles. The lowest BCUT2D eigenvalue weighted by Crippen LogP contribution is -3.00. The minimum Gasteiger partial charge on any atom is -1.00 e. The van der Waals surface area contributed by atoms with Crippen molar-refractivity contribution in [1.29, 1.82) is 5.41 Å². The molecule has 1 unspecified atom stereocenters. The molecule has 0 fully saturated rings. The van der Waals surface area contributed by atoms with Crippen LogP contribution < -0.4 is 17.3 Å². The molecule has 17 heavy (non-hydrogen) atoms. The van der Waals surface area contributed by atoms with Gasteiger partial charge in [0, 0.05) is 25.8 Å². The summed E-state index contributed by atoms with van der Waals surface area (Å²) < 4.78 is 0. The first-order valence-electron chi connectivity index (χ1n) is 5.74. The third-order valence-electron chi connectivity index (χ3n) is 3.18. The van der Waals surface area contributed by atoms with E-state index in [1.807, 2.05) is 25.1 Å². The molecule has 2 rings (SSSR count). The molecular formula is C13H19ClN3-. The molecule has 0 spiro atoms. The number of anilines is 1. The topological polar surface area (TPSA) is 30.3 Å². The van der Waals surface area contributed by atoms with Gasteiger partial charge < -0.3 is 22.2 Å². The molecule has 1 aromatic carbocycles. The highest BCUT2D eigenvalue weighted by molar-refractivity contribution is 5.95. The Morgan fingerprint density at radius 1 is 1.35 bits per heavy atom. The highest BCUT2D eigenvalue weighted by atomic mass is 35.5. The number of aryl methyl sites for hydroxylation is 1. The van der Waals surface area contributed by atoms with E-state index in [1.165, 1.54) is 11.3 Å². The van der Waals surface area contributed by atoms with E-state index >= 15 is 0 Å². The summed E-state index contributed by atoms with van der Waals surface area (Å²) in [4.78, 5) is 3.98. The Balaban J connectivity index is 0.00000144. The van der Waals surface area contributed by atoms with Crippen LogP contribution in [0.25, 0.3) is 0 Å². The van der Waals surface area contributed by atoms with Crippen molar-refractivity contribution < 1.29 is 12.4 Å². The van der Waals surface area contributed by atoms with Crippen LogP contribution >= 0.6 is 0 Å². The molecule has 4 heteroatoms. The fourth-order valence-electron chi connectivity index (χ4n) is 2.23. The van der Waals surface area contributed by atoms with Crippen LogP contribution in [0.5, 0.6) is 0 Å². The van der Waals surface area contributed by atoms with Gasteiger partial charge in [-0.2, -0.15) is 0 Å². The van der Waals surface area contributed by atoms with Crippen LogP contribution in [-0.2, 0) is 6.42 Å². The van der Waals surface area contributed by atoms with Crippen LogP contribution in [0.2, 0.25) is 0 Å².